The standard InChI is InChI=1S/C21H20N6O/c1-3-20-19(12-23-27(20)18-8-4-15(2)5-9-18)21(28)25-16-6-10-17(11-7-16)26-14-22-13-24-26/h4-14H,3H2,1-2H3,(H,25,28). The molecule has 7 heteroatoms. The van der Waals surface area contributed by atoms with Crippen LogP contribution in [0.2, 0.25) is 0 Å². The van der Waals surface area contributed by atoms with E-state index < -0.39 is 0 Å². The fraction of sp³-hybridized carbons (Fsp3) is 0.143. The van der Waals surface area contributed by atoms with Crippen LogP contribution >= 0.6 is 0 Å². The molecular formula is C21H20N6O. The van der Waals surface area contributed by atoms with Gasteiger partial charge in [-0.1, -0.05) is 24.6 Å². The number of hydrogen-bond donors (Lipinski definition) is 1. The summed E-state index contributed by atoms with van der Waals surface area (Å²) in [5, 5.41) is 11.5. The van der Waals surface area contributed by atoms with E-state index in [0.717, 1.165) is 17.1 Å². The van der Waals surface area contributed by atoms with Gasteiger partial charge in [0.2, 0.25) is 0 Å². The Morgan fingerprint density at radius 1 is 1.00 bits per heavy atom. The molecule has 7 nitrogen and oxygen atoms in total. The number of carbonyl (C=O) groups excluding carboxylic acids is 1. The van der Waals surface area contributed by atoms with Crippen molar-refractivity contribution in [3.05, 3.63) is 84.2 Å². The van der Waals surface area contributed by atoms with Crippen LogP contribution in [0.1, 0.15) is 28.5 Å². The maximum atomic E-state index is 12.8. The van der Waals surface area contributed by atoms with Gasteiger partial charge in [0.15, 0.2) is 0 Å². The molecule has 2 aromatic carbocycles. The molecule has 140 valence electrons. The number of anilines is 1. The highest BCUT2D eigenvalue weighted by atomic mass is 16.1. The van der Waals surface area contributed by atoms with Gasteiger partial charge < -0.3 is 5.32 Å². The van der Waals surface area contributed by atoms with Crippen LogP contribution in [0.4, 0.5) is 5.69 Å². The monoisotopic (exact) mass is 372 g/mol. The minimum absolute atomic E-state index is 0.177. The van der Waals surface area contributed by atoms with Crippen molar-refractivity contribution in [1.29, 1.82) is 0 Å². The van der Waals surface area contributed by atoms with Gasteiger partial charge in [0, 0.05) is 5.69 Å². The van der Waals surface area contributed by atoms with E-state index in [1.165, 1.54) is 11.9 Å². The third-order valence-electron chi connectivity index (χ3n) is 4.54. The second kappa shape index (κ2) is 7.48. The van der Waals surface area contributed by atoms with E-state index in [4.69, 9.17) is 0 Å². The van der Waals surface area contributed by atoms with E-state index in [-0.39, 0.29) is 5.91 Å². The van der Waals surface area contributed by atoms with Crippen molar-refractivity contribution in [3.8, 4) is 11.4 Å². The summed E-state index contributed by atoms with van der Waals surface area (Å²) in [6.07, 6.45) is 5.42. The highest BCUT2D eigenvalue weighted by Crippen LogP contribution is 2.19. The molecule has 1 N–H and O–H groups in total. The first kappa shape index (κ1) is 17.7. The van der Waals surface area contributed by atoms with E-state index in [1.807, 2.05) is 67.1 Å². The lowest BCUT2D eigenvalue weighted by Crippen LogP contribution is -2.14. The number of nitrogens with zero attached hydrogens (tertiary/aromatic N) is 5. The Morgan fingerprint density at radius 2 is 1.71 bits per heavy atom. The second-order valence-corrected chi connectivity index (χ2v) is 6.45. The summed E-state index contributed by atoms with van der Waals surface area (Å²) in [4.78, 5) is 16.7. The van der Waals surface area contributed by atoms with Crippen LogP contribution in [0.25, 0.3) is 11.4 Å². The lowest BCUT2D eigenvalue weighted by Gasteiger charge is -2.09. The Hall–Kier alpha value is -3.74. The molecule has 0 aliphatic carbocycles. The summed E-state index contributed by atoms with van der Waals surface area (Å²) in [6.45, 7) is 4.06. The number of nitrogens with one attached hydrogen (secondary N) is 1. The van der Waals surface area contributed by atoms with Gasteiger partial charge in [0.1, 0.15) is 12.7 Å². The molecule has 2 aromatic heterocycles. The Labute approximate surface area is 162 Å². The molecule has 0 atom stereocenters. The number of carbonyl (C=O) groups is 1. The third kappa shape index (κ3) is 3.42. The summed E-state index contributed by atoms with van der Waals surface area (Å²) in [7, 11) is 0. The quantitative estimate of drug-likeness (QED) is 0.581. The Balaban J connectivity index is 1.56. The van der Waals surface area contributed by atoms with Crippen LogP contribution in [0, 0.1) is 6.92 Å². The van der Waals surface area contributed by atoms with Crippen LogP contribution in [-0.4, -0.2) is 30.5 Å². The average Bonchev–Trinajstić information content (AvgIpc) is 3.39. The largest absolute Gasteiger partial charge is 0.322 e. The number of amides is 1. The van der Waals surface area contributed by atoms with E-state index >= 15 is 0 Å². The lowest BCUT2D eigenvalue weighted by atomic mass is 10.1. The van der Waals surface area contributed by atoms with E-state index in [0.29, 0.717) is 17.7 Å². The van der Waals surface area contributed by atoms with Crippen molar-refractivity contribution in [3.63, 3.8) is 0 Å². The molecule has 28 heavy (non-hydrogen) atoms. The first-order valence-corrected chi connectivity index (χ1v) is 9.06. The molecule has 2 heterocycles. The smallest absolute Gasteiger partial charge is 0.259 e. The van der Waals surface area contributed by atoms with Gasteiger partial charge in [-0.25, -0.2) is 14.3 Å². The molecule has 1 amide bonds. The topological polar surface area (TPSA) is 77.6 Å². The molecule has 0 spiro atoms. The molecule has 0 aliphatic rings. The average molecular weight is 372 g/mol. The predicted octanol–water partition coefficient (Wildman–Crippen LogP) is 3.58. The van der Waals surface area contributed by atoms with Gasteiger partial charge in [0.25, 0.3) is 5.91 Å². The first-order valence-electron chi connectivity index (χ1n) is 9.06. The summed E-state index contributed by atoms with van der Waals surface area (Å²) in [6, 6.07) is 15.5. The first-order chi connectivity index (χ1) is 13.7. The number of hydrogen-bond acceptors (Lipinski definition) is 4. The summed E-state index contributed by atoms with van der Waals surface area (Å²) >= 11 is 0. The second-order valence-electron chi connectivity index (χ2n) is 6.45. The number of aromatic nitrogens is 5. The zero-order valence-electron chi connectivity index (χ0n) is 15.7. The Kier molecular flexibility index (Phi) is 4.72. The van der Waals surface area contributed by atoms with Crippen molar-refractivity contribution in [2.45, 2.75) is 20.3 Å². The Bertz CT molecular complexity index is 1080. The predicted molar refractivity (Wildman–Crippen MR) is 107 cm³/mol. The molecule has 0 radical (unpaired) electrons. The SMILES string of the molecule is CCc1c(C(=O)Nc2ccc(-n3cncn3)cc2)cnn1-c1ccc(C)cc1. The van der Waals surface area contributed by atoms with Crippen LogP contribution in [0.5, 0.6) is 0 Å². The molecule has 0 aliphatic heterocycles. The molecule has 0 saturated carbocycles. The molecule has 4 rings (SSSR count). The van der Waals surface area contributed by atoms with Gasteiger partial charge >= 0.3 is 0 Å². The van der Waals surface area contributed by atoms with E-state index in [9.17, 15) is 4.79 Å². The van der Waals surface area contributed by atoms with Gasteiger partial charge in [-0.3, -0.25) is 4.79 Å². The van der Waals surface area contributed by atoms with Gasteiger partial charge in [-0.2, -0.15) is 10.2 Å². The van der Waals surface area contributed by atoms with Crippen molar-refractivity contribution in [1.82, 2.24) is 24.5 Å². The molecule has 0 saturated heterocycles. The van der Waals surface area contributed by atoms with E-state index in [2.05, 4.69) is 20.5 Å². The van der Waals surface area contributed by atoms with Crippen molar-refractivity contribution < 1.29 is 4.79 Å². The summed E-state index contributed by atoms with van der Waals surface area (Å²) in [5.41, 5.74) is 5.15. The summed E-state index contributed by atoms with van der Waals surface area (Å²) in [5.74, 6) is -0.177. The van der Waals surface area contributed by atoms with Crippen molar-refractivity contribution in [2.24, 2.45) is 0 Å². The molecule has 0 unspecified atom stereocenters. The van der Waals surface area contributed by atoms with Crippen LogP contribution in [0.15, 0.2) is 67.4 Å². The molecule has 0 bridgehead atoms. The highest BCUT2D eigenvalue weighted by molar-refractivity contribution is 6.05. The number of aryl methyl sites for hydroxylation is 1. The number of benzene rings is 2. The fourth-order valence-electron chi connectivity index (χ4n) is 3.05. The molecule has 4 aromatic rings. The highest BCUT2D eigenvalue weighted by Gasteiger charge is 2.17. The zero-order chi connectivity index (χ0) is 19.5. The van der Waals surface area contributed by atoms with Crippen molar-refractivity contribution in [2.75, 3.05) is 5.32 Å². The van der Waals surface area contributed by atoms with Gasteiger partial charge in [-0.05, 0) is 49.7 Å². The van der Waals surface area contributed by atoms with Gasteiger partial charge in [0.05, 0.1) is 28.8 Å². The minimum atomic E-state index is -0.177. The van der Waals surface area contributed by atoms with Crippen LogP contribution in [0.3, 0.4) is 0 Å². The normalized spacial score (nSPS) is 10.8. The molecular weight excluding hydrogens is 352 g/mol. The third-order valence-corrected chi connectivity index (χ3v) is 4.54. The van der Waals surface area contributed by atoms with Crippen LogP contribution in [-0.2, 0) is 6.42 Å². The van der Waals surface area contributed by atoms with Crippen molar-refractivity contribution >= 4 is 11.6 Å². The summed E-state index contributed by atoms with van der Waals surface area (Å²) < 4.78 is 3.48. The van der Waals surface area contributed by atoms with E-state index in [1.54, 1.807) is 17.2 Å². The zero-order valence-corrected chi connectivity index (χ0v) is 15.7. The fourth-order valence-corrected chi connectivity index (χ4v) is 3.05. The molecule has 0 fully saturated rings. The number of rotatable bonds is 5. The maximum absolute atomic E-state index is 12.8. The Morgan fingerprint density at radius 3 is 2.36 bits per heavy atom. The maximum Gasteiger partial charge on any atom is 0.259 e. The van der Waals surface area contributed by atoms with Gasteiger partial charge in [-0.15, -0.1) is 0 Å². The minimum Gasteiger partial charge on any atom is -0.322 e. The lowest BCUT2D eigenvalue weighted by molar-refractivity contribution is 0.102. The van der Waals surface area contributed by atoms with Crippen LogP contribution < -0.4 is 5.32 Å².